The number of hydrogen-bond donors (Lipinski definition) is 0. The fraction of sp³-hybridized carbons (Fsp3) is 0.214. The summed E-state index contributed by atoms with van der Waals surface area (Å²) in [5, 5.41) is 0. The molecule has 1 aromatic heterocycles. The van der Waals surface area contributed by atoms with Crippen LogP contribution in [0.2, 0.25) is 0 Å². The first-order chi connectivity index (χ1) is 9.15. The maximum absolute atomic E-state index is 12.5. The molecule has 2 rings (SSSR count). The zero-order valence-corrected chi connectivity index (χ0v) is 11.9. The lowest BCUT2D eigenvalue weighted by molar-refractivity contribution is 0.357. The van der Waals surface area contributed by atoms with Gasteiger partial charge in [-0.25, -0.2) is 4.21 Å². The number of nitrogens with zero attached hydrogens (tertiary/aromatic N) is 1. The molecule has 0 bridgehead atoms. The molecule has 100 valence electrons. The van der Waals surface area contributed by atoms with Crippen LogP contribution in [0.4, 0.5) is 0 Å². The third kappa shape index (κ3) is 2.93. The van der Waals surface area contributed by atoms with E-state index in [1.165, 1.54) is 14.2 Å². The normalized spacial score (nSPS) is 11.9. The van der Waals surface area contributed by atoms with Gasteiger partial charge in [0.05, 0.1) is 25.0 Å². The van der Waals surface area contributed by atoms with E-state index in [0.29, 0.717) is 16.7 Å². The van der Waals surface area contributed by atoms with Gasteiger partial charge in [-0.2, -0.15) is 4.98 Å². The van der Waals surface area contributed by atoms with Crippen molar-refractivity contribution in [3.8, 4) is 11.8 Å². The van der Waals surface area contributed by atoms with Crippen LogP contribution in [0.5, 0.6) is 11.8 Å². The summed E-state index contributed by atoms with van der Waals surface area (Å²) >= 11 is 0. The largest absolute Gasteiger partial charge is 0.481 e. The van der Waals surface area contributed by atoms with E-state index in [0.717, 1.165) is 10.5 Å². The second-order valence-electron chi connectivity index (χ2n) is 3.94. The quantitative estimate of drug-likeness (QED) is 0.862. The van der Waals surface area contributed by atoms with Gasteiger partial charge in [0.15, 0.2) is 0 Å². The lowest BCUT2D eigenvalue weighted by Gasteiger charge is -2.09. The number of ether oxygens (including phenoxy) is 2. The zero-order valence-electron chi connectivity index (χ0n) is 11.0. The number of aromatic nitrogens is 1. The molecule has 5 heteroatoms. The Labute approximate surface area is 114 Å². The first kappa shape index (κ1) is 13.5. The number of benzene rings is 1. The van der Waals surface area contributed by atoms with Crippen LogP contribution in [0, 0.1) is 6.92 Å². The van der Waals surface area contributed by atoms with Crippen LogP contribution in [0.15, 0.2) is 46.2 Å². The number of aryl methyl sites for hydroxylation is 1. The molecule has 1 aromatic carbocycles. The molecular weight excluding hydrogens is 262 g/mol. The number of methoxy groups -OCH3 is 2. The number of rotatable bonds is 4. The van der Waals surface area contributed by atoms with Gasteiger partial charge in [0.25, 0.3) is 0 Å². The van der Waals surface area contributed by atoms with Gasteiger partial charge in [-0.1, -0.05) is 17.7 Å². The minimum atomic E-state index is -1.32. The van der Waals surface area contributed by atoms with Gasteiger partial charge in [0.2, 0.25) is 11.8 Å². The Kier molecular flexibility index (Phi) is 4.16. The SMILES string of the molecule is COc1ccc([S@@](=O)c2ccc(C)cc2)c(OC)n1. The molecule has 0 fully saturated rings. The van der Waals surface area contributed by atoms with Crippen LogP contribution >= 0.6 is 0 Å². The third-order valence-electron chi connectivity index (χ3n) is 2.64. The van der Waals surface area contributed by atoms with Gasteiger partial charge >= 0.3 is 0 Å². The molecule has 1 atom stereocenters. The van der Waals surface area contributed by atoms with Crippen molar-refractivity contribution in [3.05, 3.63) is 42.0 Å². The number of hydrogen-bond acceptors (Lipinski definition) is 4. The fourth-order valence-electron chi connectivity index (χ4n) is 1.60. The van der Waals surface area contributed by atoms with E-state index in [1.807, 2.05) is 31.2 Å². The molecule has 0 aliphatic carbocycles. The van der Waals surface area contributed by atoms with Crippen LogP contribution < -0.4 is 9.47 Å². The van der Waals surface area contributed by atoms with Crippen molar-refractivity contribution in [3.63, 3.8) is 0 Å². The highest BCUT2D eigenvalue weighted by atomic mass is 32.2. The highest BCUT2D eigenvalue weighted by Crippen LogP contribution is 2.26. The predicted molar refractivity (Wildman–Crippen MR) is 73.2 cm³/mol. The Balaban J connectivity index is 2.40. The Morgan fingerprint density at radius 1 is 1.00 bits per heavy atom. The lowest BCUT2D eigenvalue weighted by Crippen LogP contribution is -2.00. The summed E-state index contributed by atoms with van der Waals surface area (Å²) in [6, 6.07) is 10.9. The molecule has 0 aliphatic heterocycles. The van der Waals surface area contributed by atoms with Crippen molar-refractivity contribution in [1.29, 1.82) is 0 Å². The molecule has 0 saturated carbocycles. The Bertz CT molecular complexity index is 596. The molecule has 19 heavy (non-hydrogen) atoms. The Morgan fingerprint density at radius 3 is 2.26 bits per heavy atom. The molecule has 4 nitrogen and oxygen atoms in total. The van der Waals surface area contributed by atoms with Crippen molar-refractivity contribution < 1.29 is 13.7 Å². The maximum atomic E-state index is 12.5. The second kappa shape index (κ2) is 5.84. The summed E-state index contributed by atoms with van der Waals surface area (Å²) in [7, 11) is 1.70. The molecule has 0 N–H and O–H groups in total. The number of pyridine rings is 1. The van der Waals surface area contributed by atoms with E-state index in [1.54, 1.807) is 12.1 Å². The molecule has 2 aromatic rings. The van der Waals surface area contributed by atoms with Crippen LogP contribution in [0.1, 0.15) is 5.56 Å². The highest BCUT2D eigenvalue weighted by molar-refractivity contribution is 7.85. The highest BCUT2D eigenvalue weighted by Gasteiger charge is 2.15. The summed E-state index contributed by atoms with van der Waals surface area (Å²) in [6.07, 6.45) is 0. The van der Waals surface area contributed by atoms with E-state index in [4.69, 9.17) is 9.47 Å². The van der Waals surface area contributed by atoms with Gasteiger partial charge in [-0.3, -0.25) is 0 Å². The molecule has 0 aliphatic rings. The molecule has 0 amide bonds. The summed E-state index contributed by atoms with van der Waals surface area (Å²) in [5.74, 6) is 0.750. The second-order valence-corrected chi connectivity index (χ2v) is 5.39. The monoisotopic (exact) mass is 277 g/mol. The lowest BCUT2D eigenvalue weighted by atomic mass is 10.2. The average molecular weight is 277 g/mol. The van der Waals surface area contributed by atoms with Crippen LogP contribution in [-0.2, 0) is 10.8 Å². The van der Waals surface area contributed by atoms with E-state index < -0.39 is 10.8 Å². The Morgan fingerprint density at radius 2 is 1.68 bits per heavy atom. The van der Waals surface area contributed by atoms with E-state index in [9.17, 15) is 4.21 Å². The summed E-state index contributed by atoms with van der Waals surface area (Å²) in [6.45, 7) is 1.99. The van der Waals surface area contributed by atoms with Crippen LogP contribution in [-0.4, -0.2) is 23.4 Å². The molecule has 0 spiro atoms. The summed E-state index contributed by atoms with van der Waals surface area (Å²) in [4.78, 5) is 5.39. The summed E-state index contributed by atoms with van der Waals surface area (Å²) < 4.78 is 22.7. The topological polar surface area (TPSA) is 48.4 Å². The van der Waals surface area contributed by atoms with Crippen molar-refractivity contribution in [2.45, 2.75) is 16.7 Å². The van der Waals surface area contributed by atoms with Crippen molar-refractivity contribution in [2.75, 3.05) is 14.2 Å². The molecule has 1 heterocycles. The van der Waals surface area contributed by atoms with Gasteiger partial charge in [0, 0.05) is 11.0 Å². The van der Waals surface area contributed by atoms with E-state index in [-0.39, 0.29) is 0 Å². The van der Waals surface area contributed by atoms with Crippen LogP contribution in [0.3, 0.4) is 0 Å². The molecular formula is C14H15NO3S. The minimum Gasteiger partial charge on any atom is -0.481 e. The van der Waals surface area contributed by atoms with Gasteiger partial charge in [0.1, 0.15) is 4.90 Å². The minimum absolute atomic E-state index is 0.318. The zero-order chi connectivity index (χ0) is 13.8. The average Bonchev–Trinajstić information content (AvgIpc) is 2.46. The Hall–Kier alpha value is -1.88. The van der Waals surface area contributed by atoms with E-state index >= 15 is 0 Å². The van der Waals surface area contributed by atoms with Gasteiger partial charge in [-0.05, 0) is 25.1 Å². The molecule has 0 radical (unpaired) electrons. The first-order valence-electron chi connectivity index (χ1n) is 5.73. The molecule has 0 saturated heterocycles. The standard InChI is InChI=1S/C14H15NO3S/c1-10-4-6-11(7-5-10)19(16)12-8-9-13(17-2)15-14(12)18-3/h4-9H,1-3H3/t19-/m0/s1. The van der Waals surface area contributed by atoms with Crippen molar-refractivity contribution in [2.24, 2.45) is 0 Å². The van der Waals surface area contributed by atoms with Gasteiger partial charge in [-0.15, -0.1) is 0 Å². The van der Waals surface area contributed by atoms with E-state index in [2.05, 4.69) is 4.98 Å². The van der Waals surface area contributed by atoms with Crippen molar-refractivity contribution in [1.82, 2.24) is 4.98 Å². The van der Waals surface area contributed by atoms with Crippen LogP contribution in [0.25, 0.3) is 0 Å². The van der Waals surface area contributed by atoms with Crippen molar-refractivity contribution >= 4 is 10.8 Å². The maximum Gasteiger partial charge on any atom is 0.233 e. The van der Waals surface area contributed by atoms with Gasteiger partial charge < -0.3 is 9.47 Å². The first-order valence-corrected chi connectivity index (χ1v) is 6.88. The summed E-state index contributed by atoms with van der Waals surface area (Å²) in [5.41, 5.74) is 1.13. The fourth-order valence-corrected chi connectivity index (χ4v) is 2.72. The smallest absolute Gasteiger partial charge is 0.233 e. The predicted octanol–water partition coefficient (Wildman–Crippen LogP) is 2.57. The third-order valence-corrected chi connectivity index (χ3v) is 4.05. The molecule has 0 unspecified atom stereocenters.